The molecule has 1 N–H and O–H groups in total. The molecule has 1 aromatic carbocycles. The van der Waals surface area contributed by atoms with Crippen molar-refractivity contribution in [2.45, 2.75) is 51.1 Å². The van der Waals surface area contributed by atoms with Crippen molar-refractivity contribution in [1.29, 1.82) is 0 Å². The van der Waals surface area contributed by atoms with E-state index in [1.54, 1.807) is 5.56 Å². The van der Waals surface area contributed by atoms with Gasteiger partial charge in [0.1, 0.15) is 0 Å². The number of nitrogens with one attached hydrogen (secondary N) is 1. The van der Waals surface area contributed by atoms with Gasteiger partial charge in [-0.3, -0.25) is 4.90 Å². The molecule has 2 aliphatic rings. The highest BCUT2D eigenvalue weighted by Crippen LogP contribution is 2.36. The smallest absolute Gasteiger partial charge is 0.0481 e. The Balaban J connectivity index is 1.67. The van der Waals surface area contributed by atoms with Crippen LogP contribution in [-0.4, -0.2) is 31.1 Å². The summed E-state index contributed by atoms with van der Waals surface area (Å²) in [5, 5.41) is 3.56. The van der Waals surface area contributed by atoms with Gasteiger partial charge in [-0.05, 0) is 56.4 Å². The molecule has 0 bridgehead atoms. The van der Waals surface area contributed by atoms with Crippen LogP contribution in [0.25, 0.3) is 0 Å². The Bertz CT molecular complexity index is 435. The van der Waals surface area contributed by atoms with Gasteiger partial charge in [0.25, 0.3) is 0 Å². The lowest BCUT2D eigenvalue weighted by Crippen LogP contribution is -2.46. The number of hydrogen-bond acceptors (Lipinski definition) is 2. The van der Waals surface area contributed by atoms with Crippen LogP contribution in [0.1, 0.15) is 49.8 Å². The van der Waals surface area contributed by atoms with E-state index in [9.17, 15) is 0 Å². The van der Waals surface area contributed by atoms with Crippen molar-refractivity contribution in [2.75, 3.05) is 20.1 Å². The molecule has 0 amide bonds. The van der Waals surface area contributed by atoms with Gasteiger partial charge in [-0.15, -0.1) is 0 Å². The quantitative estimate of drug-likeness (QED) is 0.904. The van der Waals surface area contributed by atoms with Crippen molar-refractivity contribution in [1.82, 2.24) is 10.2 Å². The summed E-state index contributed by atoms with van der Waals surface area (Å²) in [6.07, 6.45) is 6.79. The zero-order valence-electron chi connectivity index (χ0n) is 12.9. The van der Waals surface area contributed by atoms with E-state index in [-0.39, 0.29) is 0 Å². The summed E-state index contributed by atoms with van der Waals surface area (Å²) in [5.41, 5.74) is 3.07. The number of nitrogens with zero attached hydrogens (tertiary/aromatic N) is 1. The van der Waals surface area contributed by atoms with Crippen LogP contribution >= 0.6 is 0 Å². The highest BCUT2D eigenvalue weighted by Gasteiger charge is 2.36. The minimum absolute atomic E-state index is 0.522. The van der Waals surface area contributed by atoms with Gasteiger partial charge in [0, 0.05) is 12.1 Å². The lowest BCUT2D eigenvalue weighted by molar-refractivity contribution is 0.112. The van der Waals surface area contributed by atoms with Gasteiger partial charge in [0.15, 0.2) is 0 Å². The van der Waals surface area contributed by atoms with Crippen LogP contribution in [0.2, 0.25) is 0 Å². The predicted molar refractivity (Wildman–Crippen MR) is 84.9 cm³/mol. The Hall–Kier alpha value is -0.860. The van der Waals surface area contributed by atoms with E-state index >= 15 is 0 Å². The van der Waals surface area contributed by atoms with Gasteiger partial charge in [-0.25, -0.2) is 0 Å². The fourth-order valence-electron chi connectivity index (χ4n) is 4.24. The fraction of sp³-hybridized carbons (Fsp3) is 0.667. The molecule has 1 fully saturated rings. The van der Waals surface area contributed by atoms with Gasteiger partial charge in [-0.2, -0.15) is 0 Å². The average Bonchev–Trinajstić information content (AvgIpc) is 2.87. The van der Waals surface area contributed by atoms with Gasteiger partial charge in [-0.1, -0.05) is 44.0 Å². The van der Waals surface area contributed by atoms with Crippen molar-refractivity contribution in [3.63, 3.8) is 0 Å². The van der Waals surface area contributed by atoms with Gasteiger partial charge in [0.05, 0.1) is 0 Å². The first-order valence-electron chi connectivity index (χ1n) is 8.32. The van der Waals surface area contributed by atoms with Crippen LogP contribution < -0.4 is 5.32 Å². The molecule has 1 aliphatic heterocycles. The van der Waals surface area contributed by atoms with Crippen molar-refractivity contribution in [3.8, 4) is 0 Å². The number of hydrogen-bond donors (Lipinski definition) is 1. The number of likely N-dealkylation sites (tertiary alicyclic amines) is 1. The number of benzene rings is 1. The number of fused-ring (bicyclic) bond motifs is 1. The molecule has 0 saturated carbocycles. The summed E-state index contributed by atoms with van der Waals surface area (Å²) >= 11 is 0. The highest BCUT2D eigenvalue weighted by atomic mass is 15.2. The Kier molecular flexibility index (Phi) is 4.42. The summed E-state index contributed by atoms with van der Waals surface area (Å²) in [7, 11) is 2.11. The zero-order chi connectivity index (χ0) is 13.9. The van der Waals surface area contributed by atoms with Crippen LogP contribution in [0, 0.1) is 5.92 Å². The second-order valence-corrected chi connectivity index (χ2v) is 6.50. The molecule has 0 radical (unpaired) electrons. The molecule has 0 spiro atoms. The first kappa shape index (κ1) is 14.1. The zero-order valence-corrected chi connectivity index (χ0v) is 12.9. The van der Waals surface area contributed by atoms with Crippen molar-refractivity contribution in [3.05, 3.63) is 35.4 Å². The third-order valence-corrected chi connectivity index (χ3v) is 5.33. The van der Waals surface area contributed by atoms with E-state index in [2.05, 4.69) is 48.5 Å². The minimum atomic E-state index is 0.522. The van der Waals surface area contributed by atoms with E-state index < -0.39 is 0 Å². The lowest BCUT2D eigenvalue weighted by atomic mass is 9.91. The van der Waals surface area contributed by atoms with E-state index in [0.717, 1.165) is 5.92 Å². The number of likely N-dealkylation sites (N-methyl/N-ethyl adjacent to an activating group) is 1. The third kappa shape index (κ3) is 2.64. The topological polar surface area (TPSA) is 15.3 Å². The molecule has 1 heterocycles. The van der Waals surface area contributed by atoms with Crippen LogP contribution in [0.15, 0.2) is 24.3 Å². The summed E-state index contributed by atoms with van der Waals surface area (Å²) in [5.74, 6) is 0.980. The maximum Gasteiger partial charge on any atom is 0.0481 e. The average molecular weight is 272 g/mol. The van der Waals surface area contributed by atoms with Gasteiger partial charge in [0.2, 0.25) is 0 Å². The second-order valence-electron chi connectivity index (χ2n) is 6.50. The Morgan fingerprint density at radius 3 is 2.65 bits per heavy atom. The monoisotopic (exact) mass is 272 g/mol. The van der Waals surface area contributed by atoms with Crippen molar-refractivity contribution >= 4 is 0 Å². The van der Waals surface area contributed by atoms with Crippen LogP contribution in [0.5, 0.6) is 0 Å². The molecule has 2 unspecified atom stereocenters. The molecule has 20 heavy (non-hydrogen) atoms. The molecule has 2 heteroatoms. The molecular formula is C18H28N2. The Morgan fingerprint density at radius 1 is 1.20 bits per heavy atom. The first-order chi connectivity index (χ1) is 9.83. The first-order valence-corrected chi connectivity index (χ1v) is 8.32. The maximum atomic E-state index is 3.56. The SMILES string of the molecule is CCCC1CCN(C2Cc3ccccc3C2NC)CC1. The molecule has 0 aromatic heterocycles. The molecule has 3 rings (SSSR count). The third-order valence-electron chi connectivity index (χ3n) is 5.33. The van der Waals surface area contributed by atoms with Crippen molar-refractivity contribution < 1.29 is 0 Å². The molecule has 2 nitrogen and oxygen atoms in total. The summed E-state index contributed by atoms with van der Waals surface area (Å²) < 4.78 is 0. The van der Waals surface area contributed by atoms with Crippen LogP contribution in [-0.2, 0) is 6.42 Å². The summed E-state index contributed by atoms with van der Waals surface area (Å²) in [6, 6.07) is 10.2. The largest absolute Gasteiger partial charge is 0.312 e. The molecule has 1 aromatic rings. The van der Waals surface area contributed by atoms with Crippen molar-refractivity contribution in [2.24, 2.45) is 5.92 Å². The number of rotatable bonds is 4. The van der Waals surface area contributed by atoms with Crippen LogP contribution in [0.4, 0.5) is 0 Å². The van der Waals surface area contributed by atoms with Gasteiger partial charge < -0.3 is 5.32 Å². The van der Waals surface area contributed by atoms with Gasteiger partial charge >= 0.3 is 0 Å². The van der Waals surface area contributed by atoms with E-state index in [1.165, 1.54) is 50.8 Å². The maximum absolute atomic E-state index is 3.56. The Morgan fingerprint density at radius 2 is 1.95 bits per heavy atom. The standard InChI is InChI=1S/C18H28N2/c1-3-6-14-9-11-20(12-10-14)17-13-15-7-4-5-8-16(15)18(17)19-2/h4-5,7-8,14,17-19H,3,6,9-13H2,1-2H3. The lowest BCUT2D eigenvalue weighted by Gasteiger charge is -2.38. The second kappa shape index (κ2) is 6.28. The fourth-order valence-corrected chi connectivity index (χ4v) is 4.24. The van der Waals surface area contributed by atoms with E-state index in [4.69, 9.17) is 0 Å². The normalized spacial score (nSPS) is 27.7. The summed E-state index contributed by atoms with van der Waals surface area (Å²) in [6.45, 7) is 4.90. The molecular weight excluding hydrogens is 244 g/mol. The van der Waals surface area contributed by atoms with E-state index in [0.29, 0.717) is 12.1 Å². The summed E-state index contributed by atoms with van der Waals surface area (Å²) in [4.78, 5) is 2.74. The molecule has 1 aliphatic carbocycles. The Labute approximate surface area is 123 Å². The highest BCUT2D eigenvalue weighted by molar-refractivity contribution is 5.37. The molecule has 2 atom stereocenters. The number of piperidine rings is 1. The molecule has 1 saturated heterocycles. The predicted octanol–water partition coefficient (Wildman–Crippen LogP) is 3.38. The van der Waals surface area contributed by atoms with E-state index in [1.807, 2.05) is 0 Å². The van der Waals surface area contributed by atoms with Crippen LogP contribution in [0.3, 0.4) is 0 Å². The minimum Gasteiger partial charge on any atom is -0.312 e. The molecule has 110 valence electrons.